The number of fused-ring (bicyclic) bond motifs is 1. The monoisotopic (exact) mass is 205 g/mol. The van der Waals surface area contributed by atoms with Gasteiger partial charge in [-0.1, -0.05) is 48.5 Å². The van der Waals surface area contributed by atoms with Crippen molar-refractivity contribution in [3.63, 3.8) is 0 Å². The molecule has 3 aromatic rings. The average Bonchev–Trinajstić information content (AvgIpc) is 2.39. The fraction of sp³-hybridized carbons (Fsp3) is 0. The van der Waals surface area contributed by atoms with E-state index in [1.54, 1.807) is 0 Å². The maximum Gasteiger partial charge on any atom is 0.160 e. The third kappa shape index (κ3) is 1.54. The van der Waals surface area contributed by atoms with E-state index in [0.29, 0.717) is 0 Å². The van der Waals surface area contributed by atoms with Crippen LogP contribution in [0.4, 0.5) is 0 Å². The van der Waals surface area contributed by atoms with Gasteiger partial charge in [-0.15, -0.1) is 0 Å². The molecule has 0 bridgehead atoms. The van der Waals surface area contributed by atoms with Crippen molar-refractivity contribution in [1.29, 1.82) is 0 Å². The molecule has 0 spiro atoms. The van der Waals surface area contributed by atoms with Gasteiger partial charge in [-0.2, -0.15) is 0 Å². The molecule has 0 aliphatic rings. The van der Waals surface area contributed by atoms with E-state index in [2.05, 4.69) is 16.2 Å². The number of rotatable bonds is 1. The van der Waals surface area contributed by atoms with Gasteiger partial charge in [-0.25, -0.2) is 9.97 Å². The largest absolute Gasteiger partial charge is 0.228 e. The van der Waals surface area contributed by atoms with Gasteiger partial charge in [0.25, 0.3) is 0 Å². The number of benzene rings is 2. The maximum atomic E-state index is 4.50. The third-order valence-electron chi connectivity index (χ3n) is 2.44. The minimum absolute atomic E-state index is 0.722. The van der Waals surface area contributed by atoms with Gasteiger partial charge in [-0.3, -0.25) is 0 Å². The Bertz CT molecular complexity index is 618. The first-order valence-corrected chi connectivity index (χ1v) is 5.13. The maximum absolute atomic E-state index is 4.50. The topological polar surface area (TPSA) is 25.8 Å². The molecular weight excluding hydrogens is 196 g/mol. The minimum Gasteiger partial charge on any atom is -0.228 e. The van der Waals surface area contributed by atoms with Crippen molar-refractivity contribution in [2.24, 2.45) is 0 Å². The molecule has 0 aliphatic heterocycles. The van der Waals surface area contributed by atoms with Crippen LogP contribution in [-0.4, -0.2) is 9.97 Å². The molecule has 0 N–H and O–H groups in total. The van der Waals surface area contributed by atoms with Crippen molar-refractivity contribution in [2.45, 2.75) is 0 Å². The lowest BCUT2D eigenvalue weighted by molar-refractivity contribution is 1.22. The van der Waals surface area contributed by atoms with E-state index in [1.807, 2.05) is 54.6 Å². The van der Waals surface area contributed by atoms with Crippen LogP contribution in [0.3, 0.4) is 0 Å². The zero-order valence-electron chi connectivity index (χ0n) is 8.59. The molecule has 0 amide bonds. The van der Waals surface area contributed by atoms with Crippen molar-refractivity contribution in [3.8, 4) is 11.4 Å². The molecule has 0 aliphatic carbocycles. The lowest BCUT2D eigenvalue weighted by atomic mass is 10.2. The molecule has 0 atom stereocenters. The second kappa shape index (κ2) is 3.74. The average molecular weight is 205 g/mol. The van der Waals surface area contributed by atoms with Gasteiger partial charge in [0.05, 0.1) is 5.52 Å². The summed E-state index contributed by atoms with van der Waals surface area (Å²) in [7, 11) is 0. The molecule has 16 heavy (non-hydrogen) atoms. The van der Waals surface area contributed by atoms with Crippen LogP contribution < -0.4 is 0 Å². The van der Waals surface area contributed by atoms with Crippen molar-refractivity contribution in [2.75, 3.05) is 0 Å². The number of para-hydroxylation sites is 1. The molecule has 1 heterocycles. The molecule has 0 fully saturated rings. The molecule has 0 unspecified atom stereocenters. The van der Waals surface area contributed by atoms with Crippen LogP contribution in [0.15, 0.2) is 54.6 Å². The number of aromatic nitrogens is 2. The van der Waals surface area contributed by atoms with Crippen LogP contribution >= 0.6 is 0 Å². The highest BCUT2D eigenvalue weighted by Crippen LogP contribution is 2.17. The fourth-order valence-corrected chi connectivity index (χ4v) is 1.63. The highest BCUT2D eigenvalue weighted by Gasteiger charge is 2.01. The zero-order chi connectivity index (χ0) is 10.8. The number of nitrogens with zero attached hydrogens (tertiary/aromatic N) is 2. The van der Waals surface area contributed by atoms with Gasteiger partial charge < -0.3 is 0 Å². The first kappa shape index (κ1) is 9.04. The van der Waals surface area contributed by atoms with Gasteiger partial charge >= 0.3 is 0 Å². The van der Waals surface area contributed by atoms with Crippen molar-refractivity contribution in [3.05, 3.63) is 60.8 Å². The molecule has 1 aromatic heterocycles. The smallest absolute Gasteiger partial charge is 0.160 e. The van der Waals surface area contributed by atoms with E-state index in [-0.39, 0.29) is 0 Å². The summed E-state index contributed by atoms with van der Waals surface area (Å²) in [5.74, 6) is 0.722. The van der Waals surface area contributed by atoms with Gasteiger partial charge in [0.1, 0.15) is 6.20 Å². The number of hydrogen-bond donors (Lipinski definition) is 0. The van der Waals surface area contributed by atoms with Crippen molar-refractivity contribution < 1.29 is 0 Å². The molecule has 0 saturated heterocycles. The summed E-state index contributed by atoms with van der Waals surface area (Å²) >= 11 is 0. The lowest BCUT2D eigenvalue weighted by Crippen LogP contribution is -1.89. The predicted molar refractivity (Wildman–Crippen MR) is 63.8 cm³/mol. The van der Waals surface area contributed by atoms with Crippen LogP contribution in [0.2, 0.25) is 0 Å². The molecule has 2 heteroatoms. The molecule has 2 nitrogen and oxygen atoms in total. The molecule has 3 rings (SSSR count). The Morgan fingerprint density at radius 2 is 1.56 bits per heavy atom. The Morgan fingerprint density at radius 3 is 2.44 bits per heavy atom. The number of hydrogen-bond acceptors (Lipinski definition) is 2. The third-order valence-corrected chi connectivity index (χ3v) is 2.44. The van der Waals surface area contributed by atoms with E-state index in [0.717, 1.165) is 22.3 Å². The van der Waals surface area contributed by atoms with Crippen LogP contribution in [-0.2, 0) is 0 Å². The fourth-order valence-electron chi connectivity index (χ4n) is 1.63. The van der Waals surface area contributed by atoms with Crippen molar-refractivity contribution >= 4 is 10.9 Å². The summed E-state index contributed by atoms with van der Waals surface area (Å²) in [6, 6.07) is 17.8. The first-order chi connectivity index (χ1) is 7.93. The summed E-state index contributed by atoms with van der Waals surface area (Å²) in [5.41, 5.74) is 1.95. The summed E-state index contributed by atoms with van der Waals surface area (Å²) < 4.78 is 0. The van der Waals surface area contributed by atoms with E-state index in [9.17, 15) is 0 Å². The Balaban J connectivity index is 2.19. The van der Waals surface area contributed by atoms with Crippen LogP contribution in [0, 0.1) is 6.20 Å². The molecule has 0 saturated carbocycles. The summed E-state index contributed by atoms with van der Waals surface area (Å²) in [6.45, 7) is 0. The Labute approximate surface area is 93.6 Å². The van der Waals surface area contributed by atoms with Crippen LogP contribution in [0.25, 0.3) is 22.3 Å². The van der Waals surface area contributed by atoms with Crippen LogP contribution in [0.5, 0.6) is 0 Å². The Hall–Kier alpha value is -2.22. The SMILES string of the molecule is [c]1nc(-c2ccccc2)nc2ccccc12. The summed E-state index contributed by atoms with van der Waals surface area (Å²) in [5, 5.41) is 0.946. The van der Waals surface area contributed by atoms with Gasteiger partial charge in [0.15, 0.2) is 5.82 Å². The summed E-state index contributed by atoms with van der Waals surface area (Å²) in [4.78, 5) is 8.74. The molecular formula is C14H9N2. The quantitative estimate of drug-likeness (QED) is 0.610. The normalized spacial score (nSPS) is 10.5. The second-order valence-electron chi connectivity index (χ2n) is 3.54. The molecule has 2 aromatic carbocycles. The van der Waals surface area contributed by atoms with Gasteiger partial charge in [0, 0.05) is 10.9 Å². The summed E-state index contributed by atoms with van der Waals surface area (Å²) in [6.07, 6.45) is 3.01. The Morgan fingerprint density at radius 1 is 0.812 bits per heavy atom. The first-order valence-electron chi connectivity index (χ1n) is 5.13. The Kier molecular flexibility index (Phi) is 2.11. The standard InChI is InChI=1S/C14H9N2/c1-2-6-11(7-3-1)14-15-10-12-8-4-5-9-13(12)16-14/h1-9H. The van der Waals surface area contributed by atoms with Crippen molar-refractivity contribution in [1.82, 2.24) is 9.97 Å². The molecule has 75 valence electrons. The minimum atomic E-state index is 0.722. The highest BCUT2D eigenvalue weighted by molar-refractivity contribution is 5.78. The second-order valence-corrected chi connectivity index (χ2v) is 3.54. The highest BCUT2D eigenvalue weighted by atomic mass is 14.9. The zero-order valence-corrected chi connectivity index (χ0v) is 8.59. The lowest BCUT2D eigenvalue weighted by Gasteiger charge is -2.00. The van der Waals surface area contributed by atoms with Gasteiger partial charge in [-0.05, 0) is 6.07 Å². The molecule has 1 radical (unpaired) electrons. The van der Waals surface area contributed by atoms with E-state index in [4.69, 9.17) is 0 Å². The predicted octanol–water partition coefficient (Wildman–Crippen LogP) is 3.10. The van der Waals surface area contributed by atoms with Gasteiger partial charge in [0.2, 0.25) is 0 Å². The van der Waals surface area contributed by atoms with Crippen LogP contribution in [0.1, 0.15) is 0 Å². The van der Waals surface area contributed by atoms with E-state index in [1.165, 1.54) is 0 Å². The van der Waals surface area contributed by atoms with E-state index < -0.39 is 0 Å². The van der Waals surface area contributed by atoms with E-state index >= 15 is 0 Å².